The lowest BCUT2D eigenvalue weighted by molar-refractivity contribution is 0.600. The summed E-state index contributed by atoms with van der Waals surface area (Å²) in [5, 5.41) is 0. The molecule has 7 heteroatoms. The van der Waals surface area contributed by atoms with Gasteiger partial charge in [-0.05, 0) is 97.6 Å². The van der Waals surface area contributed by atoms with Crippen LogP contribution in [-0.4, -0.2) is 8.42 Å². The summed E-state index contributed by atoms with van der Waals surface area (Å²) in [4.78, 5) is 0.292. The fraction of sp³-hybridized carbons (Fsp3) is 0. The zero-order chi connectivity index (χ0) is 15.6. The van der Waals surface area contributed by atoms with Crippen LogP contribution in [-0.2, 0) is 10.0 Å². The Kier molecular flexibility index (Phi) is 5.93. The average Bonchev–Trinajstić information content (AvgIpc) is 2.45. The molecule has 0 aliphatic heterocycles. The molecule has 21 heavy (non-hydrogen) atoms. The first-order valence-corrected chi connectivity index (χ1v) is 10.5. The number of halogens is 3. The van der Waals surface area contributed by atoms with Crippen molar-refractivity contribution in [3.8, 4) is 0 Å². The summed E-state index contributed by atoms with van der Waals surface area (Å²) in [6, 6.07) is 10.5. The van der Waals surface area contributed by atoms with Gasteiger partial charge in [0.15, 0.2) is 0 Å². The smallest absolute Gasteiger partial charge is 0.262 e. The first-order valence-electron chi connectivity index (χ1n) is 5.74. The Hall–Kier alpha value is 0.120. The van der Waals surface area contributed by atoms with Crippen molar-refractivity contribution in [3.63, 3.8) is 0 Å². The topological polar surface area (TPSA) is 46.2 Å². The molecule has 0 atom stereocenters. The minimum atomic E-state index is -3.59. The highest BCUT2D eigenvalue weighted by molar-refractivity contribution is 14.1. The molecule has 0 unspecified atom stereocenters. The summed E-state index contributed by atoms with van der Waals surface area (Å²) in [5.74, 6) is 0. The monoisotopic (exact) mass is 637 g/mol. The van der Waals surface area contributed by atoms with Gasteiger partial charge in [0.1, 0.15) is 4.90 Å². The molecule has 1 N–H and O–H groups in total. The maximum atomic E-state index is 12.5. The van der Waals surface area contributed by atoms with E-state index in [0.29, 0.717) is 10.6 Å². The van der Waals surface area contributed by atoms with E-state index < -0.39 is 10.0 Å². The van der Waals surface area contributed by atoms with Crippen LogP contribution >= 0.6 is 67.8 Å². The SMILES string of the molecule is C=Cc1ccc(NS(=O)(=O)c2ccc(I)c(I)c2I)cc1. The van der Waals surface area contributed by atoms with Gasteiger partial charge in [0, 0.05) is 16.4 Å². The molecule has 0 spiro atoms. The summed E-state index contributed by atoms with van der Waals surface area (Å²) < 4.78 is 30.3. The second kappa shape index (κ2) is 7.13. The van der Waals surface area contributed by atoms with E-state index in [1.165, 1.54) is 0 Å². The second-order valence-electron chi connectivity index (χ2n) is 4.11. The van der Waals surface area contributed by atoms with Crippen molar-refractivity contribution in [2.45, 2.75) is 4.90 Å². The first-order chi connectivity index (χ1) is 9.85. The molecule has 0 aliphatic rings. The number of sulfonamides is 1. The van der Waals surface area contributed by atoms with Crippen molar-refractivity contribution in [1.82, 2.24) is 0 Å². The van der Waals surface area contributed by atoms with Crippen molar-refractivity contribution in [2.75, 3.05) is 4.72 Å². The van der Waals surface area contributed by atoms with Crippen LogP contribution in [0.2, 0.25) is 0 Å². The van der Waals surface area contributed by atoms with Gasteiger partial charge in [0.2, 0.25) is 0 Å². The van der Waals surface area contributed by atoms with E-state index in [-0.39, 0.29) is 0 Å². The van der Waals surface area contributed by atoms with E-state index in [0.717, 1.165) is 16.3 Å². The Morgan fingerprint density at radius 3 is 2.14 bits per heavy atom. The molecule has 0 aromatic heterocycles. The van der Waals surface area contributed by atoms with Crippen LogP contribution in [0.3, 0.4) is 0 Å². The molecule has 0 fully saturated rings. The molecule has 2 aromatic rings. The Labute approximate surface area is 165 Å². The van der Waals surface area contributed by atoms with Crippen molar-refractivity contribution in [3.05, 3.63) is 59.3 Å². The number of hydrogen-bond donors (Lipinski definition) is 1. The highest BCUT2D eigenvalue weighted by Crippen LogP contribution is 2.28. The maximum Gasteiger partial charge on any atom is 0.262 e. The molecule has 2 rings (SSSR count). The van der Waals surface area contributed by atoms with E-state index in [9.17, 15) is 8.42 Å². The molecular formula is C14H10I3NO2S. The zero-order valence-corrected chi connectivity index (χ0v) is 17.9. The van der Waals surface area contributed by atoms with Crippen molar-refractivity contribution < 1.29 is 8.42 Å². The number of anilines is 1. The lowest BCUT2D eigenvalue weighted by Crippen LogP contribution is -2.15. The third kappa shape index (κ3) is 4.10. The lowest BCUT2D eigenvalue weighted by atomic mass is 10.2. The number of rotatable bonds is 4. The van der Waals surface area contributed by atoms with Gasteiger partial charge in [-0.25, -0.2) is 8.42 Å². The molecule has 0 radical (unpaired) electrons. The van der Waals surface area contributed by atoms with Crippen LogP contribution in [0.25, 0.3) is 6.08 Å². The van der Waals surface area contributed by atoms with E-state index >= 15 is 0 Å². The Bertz CT molecular complexity index is 787. The number of hydrogen-bond acceptors (Lipinski definition) is 2. The molecule has 0 aliphatic carbocycles. The minimum Gasteiger partial charge on any atom is -0.280 e. The number of nitrogens with one attached hydrogen (secondary N) is 1. The number of benzene rings is 2. The fourth-order valence-electron chi connectivity index (χ4n) is 1.61. The predicted molar refractivity (Wildman–Crippen MR) is 112 cm³/mol. The largest absolute Gasteiger partial charge is 0.280 e. The zero-order valence-electron chi connectivity index (χ0n) is 10.6. The standard InChI is InChI=1S/C14H10I3NO2S/c1-2-9-3-5-10(6-4-9)18-21(19,20)12-8-7-11(15)13(16)14(12)17/h2-8,18H,1H2. The molecule has 110 valence electrons. The Morgan fingerprint density at radius 1 is 0.952 bits per heavy atom. The van der Waals surface area contributed by atoms with E-state index in [4.69, 9.17) is 0 Å². The van der Waals surface area contributed by atoms with Gasteiger partial charge in [0.25, 0.3) is 10.0 Å². The Balaban J connectivity index is 2.38. The summed E-state index contributed by atoms with van der Waals surface area (Å²) in [7, 11) is -3.59. The molecule has 3 nitrogen and oxygen atoms in total. The molecular weight excluding hydrogens is 627 g/mol. The molecule has 0 saturated carbocycles. The summed E-state index contributed by atoms with van der Waals surface area (Å²) in [6.45, 7) is 3.67. The van der Waals surface area contributed by atoms with Crippen LogP contribution in [0.5, 0.6) is 0 Å². The van der Waals surface area contributed by atoms with Crippen LogP contribution < -0.4 is 4.72 Å². The van der Waals surface area contributed by atoms with Crippen molar-refractivity contribution in [2.24, 2.45) is 0 Å². The average molecular weight is 637 g/mol. The van der Waals surface area contributed by atoms with Gasteiger partial charge in [-0.15, -0.1) is 0 Å². The van der Waals surface area contributed by atoms with Gasteiger partial charge in [-0.3, -0.25) is 4.72 Å². The minimum absolute atomic E-state index is 0.292. The summed E-state index contributed by atoms with van der Waals surface area (Å²) >= 11 is 6.41. The predicted octanol–water partition coefficient (Wildman–Crippen LogP) is 4.94. The molecule has 2 aromatic carbocycles. The third-order valence-electron chi connectivity index (χ3n) is 2.69. The van der Waals surface area contributed by atoms with Gasteiger partial charge in [-0.2, -0.15) is 0 Å². The molecule has 0 bridgehead atoms. The van der Waals surface area contributed by atoms with Crippen LogP contribution in [0.15, 0.2) is 47.9 Å². The molecule has 0 heterocycles. The second-order valence-corrected chi connectivity index (χ2v) is 9.08. The summed E-state index contributed by atoms with van der Waals surface area (Å²) in [6.07, 6.45) is 1.71. The van der Waals surface area contributed by atoms with E-state index in [1.54, 1.807) is 30.3 Å². The van der Waals surface area contributed by atoms with Crippen LogP contribution in [0.1, 0.15) is 5.56 Å². The quantitative estimate of drug-likeness (QED) is 0.382. The maximum absolute atomic E-state index is 12.5. The van der Waals surface area contributed by atoms with Crippen molar-refractivity contribution in [1.29, 1.82) is 0 Å². The van der Waals surface area contributed by atoms with Crippen LogP contribution in [0.4, 0.5) is 5.69 Å². The fourth-order valence-corrected chi connectivity index (χ4v) is 5.71. The highest BCUT2D eigenvalue weighted by atomic mass is 127. The van der Waals surface area contributed by atoms with Gasteiger partial charge < -0.3 is 0 Å². The van der Waals surface area contributed by atoms with Gasteiger partial charge in [-0.1, -0.05) is 24.8 Å². The van der Waals surface area contributed by atoms with Crippen LogP contribution in [0, 0.1) is 10.7 Å². The first kappa shape index (κ1) is 17.5. The normalized spacial score (nSPS) is 11.2. The van der Waals surface area contributed by atoms with Gasteiger partial charge >= 0.3 is 0 Å². The van der Waals surface area contributed by atoms with Gasteiger partial charge in [0.05, 0.1) is 0 Å². The lowest BCUT2D eigenvalue weighted by Gasteiger charge is -2.11. The Morgan fingerprint density at radius 2 is 1.57 bits per heavy atom. The molecule has 0 saturated heterocycles. The molecule has 0 amide bonds. The van der Waals surface area contributed by atoms with Crippen molar-refractivity contribution >= 4 is 89.6 Å². The summed E-state index contributed by atoms with van der Waals surface area (Å²) in [5.41, 5.74) is 1.47. The van der Waals surface area contributed by atoms with E-state index in [1.807, 2.05) is 12.1 Å². The highest BCUT2D eigenvalue weighted by Gasteiger charge is 2.20. The third-order valence-corrected chi connectivity index (χ3v) is 9.68. The van der Waals surface area contributed by atoms with E-state index in [2.05, 4.69) is 79.1 Å².